The SMILES string of the molecule is c1ccc(N(c2ccc(-c3ccc4cc(-c5ccc6ccccc6c5)ccc4c3)cc2)c2ccc(-c3cccc4sc5ccccc5c34)c3ccccc23)cc1. The van der Waals surface area contributed by atoms with Gasteiger partial charge in [0, 0.05) is 36.9 Å². The zero-order valence-electron chi connectivity index (χ0n) is 30.6. The Hall–Kier alpha value is -7.00. The molecule has 0 saturated heterocycles. The van der Waals surface area contributed by atoms with Crippen molar-refractivity contribution in [1.82, 2.24) is 0 Å². The molecule has 56 heavy (non-hydrogen) atoms. The molecular weight excluding hydrogens is 695 g/mol. The standard InChI is InChI=1S/C54H35NS/c1-2-13-44(14-3-1)55(51-32-31-47(46-15-6-7-16-48(46)51)49-18-10-20-53-54(49)50-17-8-9-19-52(50)56-53)45-29-27-37(28-30-45)39-23-24-42-35-43(26-25-41(42)34-39)40-22-21-36-11-4-5-12-38(36)33-40/h1-35H. The number of fused-ring (bicyclic) bond motifs is 6. The van der Waals surface area contributed by atoms with Crippen molar-refractivity contribution < 1.29 is 0 Å². The van der Waals surface area contributed by atoms with Crippen molar-refractivity contribution in [3.8, 4) is 33.4 Å². The molecule has 11 aromatic rings. The number of para-hydroxylation sites is 1. The monoisotopic (exact) mass is 729 g/mol. The van der Waals surface area contributed by atoms with Gasteiger partial charge in [-0.1, -0.05) is 152 Å². The molecule has 0 radical (unpaired) electrons. The predicted octanol–water partition coefficient (Wildman–Crippen LogP) is 16.0. The van der Waals surface area contributed by atoms with Crippen LogP contribution in [0.15, 0.2) is 212 Å². The lowest BCUT2D eigenvalue weighted by atomic mass is 9.93. The molecule has 0 atom stereocenters. The van der Waals surface area contributed by atoms with Gasteiger partial charge in [-0.3, -0.25) is 0 Å². The van der Waals surface area contributed by atoms with E-state index in [0.29, 0.717) is 0 Å². The van der Waals surface area contributed by atoms with Crippen molar-refractivity contribution in [3.05, 3.63) is 212 Å². The van der Waals surface area contributed by atoms with Gasteiger partial charge in [-0.15, -0.1) is 11.3 Å². The molecule has 0 aliphatic carbocycles. The van der Waals surface area contributed by atoms with Crippen LogP contribution in [0, 0.1) is 0 Å². The number of hydrogen-bond donors (Lipinski definition) is 0. The van der Waals surface area contributed by atoms with Crippen LogP contribution in [-0.2, 0) is 0 Å². The molecule has 0 fully saturated rings. The molecule has 262 valence electrons. The zero-order valence-corrected chi connectivity index (χ0v) is 31.4. The number of benzene rings is 10. The zero-order chi connectivity index (χ0) is 37.0. The van der Waals surface area contributed by atoms with E-state index in [1.165, 1.54) is 85.9 Å². The molecule has 11 rings (SSSR count). The molecule has 0 saturated carbocycles. The maximum Gasteiger partial charge on any atom is 0.0540 e. The van der Waals surface area contributed by atoms with Crippen LogP contribution in [0.5, 0.6) is 0 Å². The second-order valence-electron chi connectivity index (χ2n) is 14.5. The first-order valence-electron chi connectivity index (χ1n) is 19.2. The fraction of sp³-hybridized carbons (Fsp3) is 0. The first-order chi connectivity index (χ1) is 27.7. The highest BCUT2D eigenvalue weighted by atomic mass is 32.1. The molecule has 1 heterocycles. The highest BCUT2D eigenvalue weighted by Crippen LogP contribution is 2.46. The predicted molar refractivity (Wildman–Crippen MR) is 243 cm³/mol. The van der Waals surface area contributed by atoms with Gasteiger partial charge >= 0.3 is 0 Å². The van der Waals surface area contributed by atoms with Gasteiger partial charge < -0.3 is 4.90 Å². The Morgan fingerprint density at radius 2 is 0.839 bits per heavy atom. The van der Waals surface area contributed by atoms with Crippen LogP contribution in [0.3, 0.4) is 0 Å². The van der Waals surface area contributed by atoms with Gasteiger partial charge in [-0.2, -0.15) is 0 Å². The number of anilines is 3. The van der Waals surface area contributed by atoms with Crippen LogP contribution >= 0.6 is 11.3 Å². The quantitative estimate of drug-likeness (QED) is 0.165. The molecule has 0 aliphatic rings. The van der Waals surface area contributed by atoms with Crippen LogP contribution in [0.25, 0.3) is 85.9 Å². The van der Waals surface area contributed by atoms with Crippen molar-refractivity contribution in [2.75, 3.05) is 4.90 Å². The lowest BCUT2D eigenvalue weighted by Gasteiger charge is -2.27. The van der Waals surface area contributed by atoms with Crippen molar-refractivity contribution >= 4 is 80.9 Å². The molecule has 10 aromatic carbocycles. The lowest BCUT2D eigenvalue weighted by molar-refractivity contribution is 1.30. The Bertz CT molecular complexity index is 3250. The largest absolute Gasteiger partial charge is 0.310 e. The van der Waals surface area contributed by atoms with Gasteiger partial charge in [0.05, 0.1) is 5.69 Å². The minimum absolute atomic E-state index is 1.12. The topological polar surface area (TPSA) is 3.24 Å². The summed E-state index contributed by atoms with van der Waals surface area (Å²) in [7, 11) is 0. The molecule has 0 amide bonds. The fourth-order valence-corrected chi connectivity index (χ4v) is 9.63. The van der Waals surface area contributed by atoms with Crippen LogP contribution in [0.4, 0.5) is 17.1 Å². The fourth-order valence-electron chi connectivity index (χ4n) is 8.49. The van der Waals surface area contributed by atoms with Gasteiger partial charge in [0.1, 0.15) is 0 Å². The van der Waals surface area contributed by atoms with Gasteiger partial charge in [-0.05, 0) is 121 Å². The number of hydrogen-bond acceptors (Lipinski definition) is 2. The minimum atomic E-state index is 1.12. The lowest BCUT2D eigenvalue weighted by Crippen LogP contribution is -2.10. The second-order valence-corrected chi connectivity index (χ2v) is 15.6. The third-order valence-corrected chi connectivity index (χ3v) is 12.4. The van der Waals surface area contributed by atoms with Gasteiger partial charge in [-0.25, -0.2) is 0 Å². The Labute approximate surface area is 330 Å². The maximum atomic E-state index is 2.39. The average Bonchev–Trinajstić information content (AvgIpc) is 3.66. The van der Waals surface area contributed by atoms with Crippen molar-refractivity contribution in [1.29, 1.82) is 0 Å². The summed E-state index contributed by atoms with van der Waals surface area (Å²) >= 11 is 1.87. The van der Waals surface area contributed by atoms with Crippen LogP contribution < -0.4 is 4.90 Å². The number of thiophene rings is 1. The van der Waals surface area contributed by atoms with Gasteiger partial charge in [0.25, 0.3) is 0 Å². The average molecular weight is 730 g/mol. The highest BCUT2D eigenvalue weighted by Gasteiger charge is 2.19. The van der Waals surface area contributed by atoms with E-state index in [2.05, 4.69) is 217 Å². The van der Waals surface area contributed by atoms with Crippen LogP contribution in [0.1, 0.15) is 0 Å². The Morgan fingerprint density at radius 3 is 1.59 bits per heavy atom. The van der Waals surface area contributed by atoms with Crippen molar-refractivity contribution in [3.63, 3.8) is 0 Å². The Kier molecular flexibility index (Phi) is 7.75. The second kappa shape index (κ2) is 13.4. The molecule has 0 aliphatic heterocycles. The normalized spacial score (nSPS) is 11.6. The van der Waals surface area contributed by atoms with E-state index in [1.807, 2.05) is 11.3 Å². The van der Waals surface area contributed by atoms with E-state index in [4.69, 9.17) is 0 Å². The Morgan fingerprint density at radius 1 is 0.304 bits per heavy atom. The Balaban J connectivity index is 0.974. The summed E-state index contributed by atoms with van der Waals surface area (Å²) in [6, 6.07) is 77.7. The summed E-state index contributed by atoms with van der Waals surface area (Å²) < 4.78 is 2.64. The summed E-state index contributed by atoms with van der Waals surface area (Å²) in [4.78, 5) is 2.39. The molecule has 2 heteroatoms. The van der Waals surface area contributed by atoms with E-state index >= 15 is 0 Å². The number of nitrogens with zero attached hydrogens (tertiary/aromatic N) is 1. The van der Waals surface area contributed by atoms with Crippen LogP contribution in [0.2, 0.25) is 0 Å². The third kappa shape index (κ3) is 5.54. The smallest absolute Gasteiger partial charge is 0.0540 e. The molecule has 0 spiro atoms. The third-order valence-electron chi connectivity index (χ3n) is 11.2. The summed E-state index contributed by atoms with van der Waals surface area (Å²) in [6.07, 6.45) is 0. The van der Waals surface area contributed by atoms with E-state index in [-0.39, 0.29) is 0 Å². The van der Waals surface area contributed by atoms with E-state index in [0.717, 1.165) is 17.1 Å². The van der Waals surface area contributed by atoms with Crippen LogP contribution in [-0.4, -0.2) is 0 Å². The minimum Gasteiger partial charge on any atom is -0.310 e. The van der Waals surface area contributed by atoms with E-state index < -0.39 is 0 Å². The first-order valence-corrected chi connectivity index (χ1v) is 20.0. The van der Waals surface area contributed by atoms with Gasteiger partial charge in [0.15, 0.2) is 0 Å². The summed E-state index contributed by atoms with van der Waals surface area (Å²) in [6.45, 7) is 0. The molecule has 1 aromatic heterocycles. The maximum absolute atomic E-state index is 2.39. The molecule has 0 unspecified atom stereocenters. The summed E-state index contributed by atoms with van der Waals surface area (Å²) in [5.74, 6) is 0. The van der Waals surface area contributed by atoms with E-state index in [1.54, 1.807) is 0 Å². The highest BCUT2D eigenvalue weighted by molar-refractivity contribution is 7.25. The van der Waals surface area contributed by atoms with E-state index in [9.17, 15) is 0 Å². The molecular formula is C54H35NS. The molecule has 0 N–H and O–H groups in total. The molecule has 0 bridgehead atoms. The van der Waals surface area contributed by atoms with Crippen molar-refractivity contribution in [2.45, 2.75) is 0 Å². The first kappa shape index (κ1) is 32.4. The van der Waals surface area contributed by atoms with Crippen molar-refractivity contribution in [2.24, 2.45) is 0 Å². The summed E-state index contributed by atoms with van der Waals surface area (Å²) in [5.41, 5.74) is 10.8. The van der Waals surface area contributed by atoms with Gasteiger partial charge in [0.2, 0.25) is 0 Å². The number of rotatable bonds is 6. The summed E-state index contributed by atoms with van der Waals surface area (Å²) in [5, 5.41) is 10.1. The molecule has 1 nitrogen and oxygen atoms in total.